The van der Waals surface area contributed by atoms with Crippen LogP contribution < -0.4 is 10.1 Å². The van der Waals surface area contributed by atoms with Crippen molar-refractivity contribution >= 4 is 16.9 Å². The summed E-state index contributed by atoms with van der Waals surface area (Å²) in [6.45, 7) is 4.64. The summed E-state index contributed by atoms with van der Waals surface area (Å²) in [5.41, 5.74) is 5.41. The summed E-state index contributed by atoms with van der Waals surface area (Å²) in [7, 11) is 0. The van der Waals surface area contributed by atoms with Crippen LogP contribution in [0.1, 0.15) is 41.2 Å². The standard InChI is InChI=1S/C22H23N3O2/c1-3-17-18(4-2)25-20-12-15(9-10-19(20)24-17)22(26)23-13-16-11-14-7-5-6-8-21(14)27-16/h5-10,12,16H,3-4,11,13H2,1-2H3,(H,23,26). The largest absolute Gasteiger partial charge is 0.488 e. The van der Waals surface area contributed by atoms with Gasteiger partial charge in [-0.05, 0) is 42.7 Å². The van der Waals surface area contributed by atoms with E-state index in [0.29, 0.717) is 12.1 Å². The van der Waals surface area contributed by atoms with Crippen molar-refractivity contribution in [1.29, 1.82) is 0 Å². The van der Waals surface area contributed by atoms with Crippen molar-refractivity contribution in [3.05, 3.63) is 65.0 Å². The lowest BCUT2D eigenvalue weighted by atomic mass is 10.1. The van der Waals surface area contributed by atoms with Gasteiger partial charge in [-0.3, -0.25) is 4.79 Å². The SMILES string of the molecule is CCc1nc2ccc(C(=O)NCC3Cc4ccccc4O3)cc2nc1CC. The molecule has 0 spiro atoms. The maximum absolute atomic E-state index is 12.6. The van der Waals surface area contributed by atoms with Crippen molar-refractivity contribution in [2.24, 2.45) is 0 Å². The van der Waals surface area contributed by atoms with Crippen LogP contribution in [0.15, 0.2) is 42.5 Å². The third-order valence-corrected chi connectivity index (χ3v) is 4.96. The molecule has 0 fully saturated rings. The fourth-order valence-corrected chi connectivity index (χ4v) is 3.51. The molecule has 0 radical (unpaired) electrons. The first-order chi connectivity index (χ1) is 13.2. The first-order valence-electron chi connectivity index (χ1n) is 9.50. The average molecular weight is 361 g/mol. The topological polar surface area (TPSA) is 64.1 Å². The van der Waals surface area contributed by atoms with Gasteiger partial charge in [-0.2, -0.15) is 0 Å². The van der Waals surface area contributed by atoms with Crippen LogP contribution in [0.5, 0.6) is 5.75 Å². The summed E-state index contributed by atoms with van der Waals surface area (Å²) in [6.07, 6.45) is 2.49. The Morgan fingerprint density at radius 3 is 2.56 bits per heavy atom. The smallest absolute Gasteiger partial charge is 0.251 e. The van der Waals surface area contributed by atoms with Gasteiger partial charge in [-0.1, -0.05) is 32.0 Å². The summed E-state index contributed by atoms with van der Waals surface area (Å²) >= 11 is 0. The van der Waals surface area contributed by atoms with E-state index in [1.165, 1.54) is 5.56 Å². The molecule has 1 N–H and O–H groups in total. The van der Waals surface area contributed by atoms with Gasteiger partial charge in [0.2, 0.25) is 0 Å². The van der Waals surface area contributed by atoms with Crippen LogP contribution in [-0.2, 0) is 19.3 Å². The molecule has 27 heavy (non-hydrogen) atoms. The Hall–Kier alpha value is -2.95. The molecular weight excluding hydrogens is 338 g/mol. The maximum Gasteiger partial charge on any atom is 0.251 e. The number of nitrogens with zero attached hydrogens (tertiary/aromatic N) is 2. The molecule has 1 aromatic heterocycles. The summed E-state index contributed by atoms with van der Waals surface area (Å²) in [4.78, 5) is 22.0. The highest BCUT2D eigenvalue weighted by molar-refractivity contribution is 5.97. The highest BCUT2D eigenvalue weighted by atomic mass is 16.5. The van der Waals surface area contributed by atoms with Crippen LogP contribution in [0.4, 0.5) is 0 Å². The van der Waals surface area contributed by atoms with Gasteiger partial charge in [0.25, 0.3) is 5.91 Å². The molecular formula is C22H23N3O2. The number of ether oxygens (including phenoxy) is 1. The van der Waals surface area contributed by atoms with E-state index in [4.69, 9.17) is 9.72 Å². The van der Waals surface area contributed by atoms with Crippen LogP contribution in [0.2, 0.25) is 0 Å². The molecule has 1 amide bonds. The van der Waals surface area contributed by atoms with Crippen molar-refractivity contribution in [2.75, 3.05) is 6.54 Å². The predicted molar refractivity (Wildman–Crippen MR) is 105 cm³/mol. The highest BCUT2D eigenvalue weighted by Crippen LogP contribution is 2.27. The number of nitrogens with one attached hydrogen (secondary N) is 1. The van der Waals surface area contributed by atoms with Gasteiger partial charge in [0, 0.05) is 12.0 Å². The molecule has 0 bridgehead atoms. The number of fused-ring (bicyclic) bond motifs is 2. The molecule has 1 atom stereocenters. The average Bonchev–Trinajstić information content (AvgIpc) is 3.13. The zero-order valence-electron chi connectivity index (χ0n) is 15.7. The van der Waals surface area contributed by atoms with Crippen LogP contribution in [-0.4, -0.2) is 28.5 Å². The molecule has 1 unspecified atom stereocenters. The normalized spacial score (nSPS) is 15.4. The van der Waals surface area contributed by atoms with E-state index < -0.39 is 0 Å². The van der Waals surface area contributed by atoms with Gasteiger partial charge >= 0.3 is 0 Å². The number of amides is 1. The number of hydrogen-bond donors (Lipinski definition) is 1. The lowest BCUT2D eigenvalue weighted by Gasteiger charge is -2.12. The number of aromatic nitrogens is 2. The van der Waals surface area contributed by atoms with E-state index in [1.54, 1.807) is 0 Å². The molecule has 3 aromatic rings. The third kappa shape index (κ3) is 3.50. The minimum atomic E-state index is -0.115. The Bertz CT molecular complexity index is 975. The number of para-hydroxylation sites is 1. The fraction of sp³-hybridized carbons (Fsp3) is 0.318. The Morgan fingerprint density at radius 1 is 1.07 bits per heavy atom. The van der Waals surface area contributed by atoms with Gasteiger partial charge in [0.1, 0.15) is 11.9 Å². The van der Waals surface area contributed by atoms with Gasteiger partial charge in [0.05, 0.1) is 29.0 Å². The fourth-order valence-electron chi connectivity index (χ4n) is 3.51. The zero-order valence-corrected chi connectivity index (χ0v) is 15.7. The first-order valence-corrected chi connectivity index (χ1v) is 9.50. The molecule has 1 aliphatic heterocycles. The zero-order chi connectivity index (χ0) is 18.8. The summed E-state index contributed by atoms with van der Waals surface area (Å²) in [5, 5.41) is 2.98. The van der Waals surface area contributed by atoms with E-state index in [1.807, 2.05) is 36.4 Å². The third-order valence-electron chi connectivity index (χ3n) is 4.96. The second kappa shape index (κ2) is 7.35. The van der Waals surface area contributed by atoms with E-state index in [0.717, 1.165) is 47.4 Å². The molecule has 138 valence electrons. The van der Waals surface area contributed by atoms with Crippen molar-refractivity contribution < 1.29 is 9.53 Å². The second-order valence-electron chi connectivity index (χ2n) is 6.79. The number of rotatable bonds is 5. The quantitative estimate of drug-likeness (QED) is 0.756. The van der Waals surface area contributed by atoms with Gasteiger partial charge in [-0.25, -0.2) is 9.97 Å². The molecule has 0 saturated carbocycles. The molecule has 2 aromatic carbocycles. The molecule has 5 heteroatoms. The summed E-state index contributed by atoms with van der Waals surface area (Å²) in [6, 6.07) is 13.5. The summed E-state index contributed by atoms with van der Waals surface area (Å²) < 4.78 is 5.88. The van der Waals surface area contributed by atoms with Crippen molar-refractivity contribution in [1.82, 2.24) is 15.3 Å². The van der Waals surface area contributed by atoms with E-state index in [2.05, 4.69) is 30.2 Å². The van der Waals surface area contributed by atoms with Crippen LogP contribution >= 0.6 is 0 Å². The number of hydrogen-bond acceptors (Lipinski definition) is 4. The van der Waals surface area contributed by atoms with Crippen LogP contribution in [0.3, 0.4) is 0 Å². The van der Waals surface area contributed by atoms with Crippen molar-refractivity contribution in [3.63, 3.8) is 0 Å². The van der Waals surface area contributed by atoms with Gasteiger partial charge < -0.3 is 10.1 Å². The first kappa shape index (κ1) is 17.5. The monoisotopic (exact) mass is 361 g/mol. The molecule has 0 aliphatic carbocycles. The van der Waals surface area contributed by atoms with E-state index >= 15 is 0 Å². The number of aryl methyl sites for hydroxylation is 2. The Balaban J connectivity index is 1.46. The van der Waals surface area contributed by atoms with Crippen LogP contribution in [0.25, 0.3) is 11.0 Å². The minimum absolute atomic E-state index is 0.0228. The Morgan fingerprint density at radius 2 is 1.81 bits per heavy atom. The highest BCUT2D eigenvalue weighted by Gasteiger charge is 2.22. The predicted octanol–water partition coefficient (Wildman–Crippen LogP) is 3.49. The second-order valence-corrected chi connectivity index (χ2v) is 6.79. The van der Waals surface area contributed by atoms with Gasteiger partial charge in [-0.15, -0.1) is 0 Å². The van der Waals surface area contributed by atoms with E-state index in [9.17, 15) is 4.79 Å². The lowest BCUT2D eigenvalue weighted by Crippen LogP contribution is -2.34. The van der Waals surface area contributed by atoms with Gasteiger partial charge in [0.15, 0.2) is 0 Å². The Labute approximate surface area is 158 Å². The van der Waals surface area contributed by atoms with Crippen molar-refractivity contribution in [2.45, 2.75) is 39.2 Å². The number of carbonyl (C=O) groups is 1. The van der Waals surface area contributed by atoms with E-state index in [-0.39, 0.29) is 12.0 Å². The number of benzene rings is 2. The van der Waals surface area contributed by atoms with Crippen LogP contribution in [0, 0.1) is 0 Å². The molecule has 1 aliphatic rings. The lowest BCUT2D eigenvalue weighted by molar-refractivity contribution is 0.0933. The maximum atomic E-state index is 12.6. The molecule has 2 heterocycles. The Kier molecular flexibility index (Phi) is 4.75. The molecule has 4 rings (SSSR count). The number of carbonyl (C=O) groups excluding carboxylic acids is 1. The molecule has 5 nitrogen and oxygen atoms in total. The minimum Gasteiger partial charge on any atom is -0.488 e. The molecule has 0 saturated heterocycles. The summed E-state index contributed by atoms with van der Waals surface area (Å²) in [5.74, 6) is 0.799. The van der Waals surface area contributed by atoms with Crippen molar-refractivity contribution in [3.8, 4) is 5.75 Å².